The SMILES string of the molecule is CCCNC(Cc1ccsc1)C(CC)(CC)N(CC)CC. The van der Waals surface area contributed by atoms with Crippen LogP contribution in [0.5, 0.6) is 0 Å². The highest BCUT2D eigenvalue weighted by atomic mass is 32.1. The van der Waals surface area contributed by atoms with Gasteiger partial charge < -0.3 is 5.32 Å². The van der Waals surface area contributed by atoms with Crippen LogP contribution in [0, 0.1) is 0 Å². The van der Waals surface area contributed by atoms with Crippen molar-refractivity contribution < 1.29 is 0 Å². The van der Waals surface area contributed by atoms with Gasteiger partial charge in [0.2, 0.25) is 0 Å². The third-order valence-corrected chi connectivity index (χ3v) is 5.66. The number of rotatable bonds is 11. The van der Waals surface area contributed by atoms with Crippen LogP contribution < -0.4 is 5.32 Å². The van der Waals surface area contributed by atoms with Crippen LogP contribution in [0.3, 0.4) is 0 Å². The Bertz CT molecular complexity index is 353. The molecule has 0 saturated carbocycles. The Hall–Kier alpha value is -0.380. The van der Waals surface area contributed by atoms with E-state index in [2.05, 4.69) is 61.7 Å². The Morgan fingerprint density at radius 3 is 2.24 bits per heavy atom. The molecule has 122 valence electrons. The third-order valence-electron chi connectivity index (χ3n) is 4.93. The van der Waals surface area contributed by atoms with E-state index in [1.54, 1.807) is 0 Å². The van der Waals surface area contributed by atoms with Crippen LogP contribution in [0.4, 0.5) is 0 Å². The molecular formula is C18H34N2S. The summed E-state index contributed by atoms with van der Waals surface area (Å²) in [7, 11) is 0. The van der Waals surface area contributed by atoms with Crippen molar-refractivity contribution in [3.63, 3.8) is 0 Å². The lowest BCUT2D eigenvalue weighted by Crippen LogP contribution is -2.61. The van der Waals surface area contributed by atoms with Crippen LogP contribution in [0.25, 0.3) is 0 Å². The average Bonchev–Trinajstić information content (AvgIpc) is 3.02. The van der Waals surface area contributed by atoms with Gasteiger partial charge in [0.15, 0.2) is 0 Å². The highest BCUT2D eigenvalue weighted by molar-refractivity contribution is 7.07. The molecule has 0 aliphatic rings. The standard InChI is InChI=1S/C18H34N2S/c1-6-12-19-17(14-16-11-13-21-15-16)18(7-2,8-3)20(9-4)10-5/h11,13,15,17,19H,6-10,12,14H2,1-5H3. The lowest BCUT2D eigenvalue weighted by Gasteiger charge is -2.48. The molecule has 0 radical (unpaired) electrons. The Balaban J connectivity index is 3.03. The van der Waals surface area contributed by atoms with Crippen LogP contribution in [-0.4, -0.2) is 36.1 Å². The van der Waals surface area contributed by atoms with E-state index in [4.69, 9.17) is 0 Å². The van der Waals surface area contributed by atoms with E-state index in [1.165, 1.54) is 24.8 Å². The van der Waals surface area contributed by atoms with Gasteiger partial charge in [0.1, 0.15) is 0 Å². The highest BCUT2D eigenvalue weighted by Crippen LogP contribution is 2.30. The number of hydrogen-bond acceptors (Lipinski definition) is 3. The first-order valence-electron chi connectivity index (χ1n) is 8.67. The van der Waals surface area contributed by atoms with Gasteiger partial charge in [0.25, 0.3) is 0 Å². The van der Waals surface area contributed by atoms with Crippen LogP contribution in [0.15, 0.2) is 16.8 Å². The van der Waals surface area contributed by atoms with Gasteiger partial charge in [0.05, 0.1) is 0 Å². The first-order valence-corrected chi connectivity index (χ1v) is 9.62. The van der Waals surface area contributed by atoms with Gasteiger partial charge >= 0.3 is 0 Å². The number of nitrogens with zero attached hydrogens (tertiary/aromatic N) is 1. The molecule has 2 nitrogen and oxygen atoms in total. The first-order chi connectivity index (χ1) is 10.2. The minimum atomic E-state index is 0.264. The topological polar surface area (TPSA) is 15.3 Å². The molecule has 0 amide bonds. The lowest BCUT2D eigenvalue weighted by molar-refractivity contribution is 0.0493. The van der Waals surface area contributed by atoms with Gasteiger partial charge in [-0.3, -0.25) is 4.90 Å². The molecule has 3 heteroatoms. The summed E-state index contributed by atoms with van der Waals surface area (Å²) in [4.78, 5) is 2.67. The Kier molecular flexibility index (Phi) is 8.53. The molecule has 1 atom stereocenters. The number of nitrogens with one attached hydrogen (secondary N) is 1. The fourth-order valence-electron chi connectivity index (χ4n) is 3.68. The molecule has 1 aromatic rings. The Labute approximate surface area is 135 Å². The van der Waals surface area contributed by atoms with Crippen molar-refractivity contribution in [2.75, 3.05) is 19.6 Å². The zero-order chi connectivity index (χ0) is 15.7. The van der Waals surface area contributed by atoms with E-state index in [0.29, 0.717) is 6.04 Å². The van der Waals surface area contributed by atoms with Gasteiger partial charge in [-0.05, 0) is 67.7 Å². The molecule has 0 saturated heterocycles. The molecule has 0 aromatic carbocycles. The summed E-state index contributed by atoms with van der Waals surface area (Å²) in [6, 6.07) is 2.81. The van der Waals surface area contributed by atoms with Gasteiger partial charge in [-0.2, -0.15) is 11.3 Å². The van der Waals surface area contributed by atoms with Crippen molar-refractivity contribution in [3.8, 4) is 0 Å². The maximum absolute atomic E-state index is 3.86. The van der Waals surface area contributed by atoms with Crippen molar-refractivity contribution in [2.45, 2.75) is 71.9 Å². The second-order valence-electron chi connectivity index (χ2n) is 5.83. The van der Waals surface area contributed by atoms with Gasteiger partial charge in [-0.1, -0.05) is 34.6 Å². The second-order valence-corrected chi connectivity index (χ2v) is 6.61. The minimum Gasteiger partial charge on any atom is -0.312 e. The van der Waals surface area contributed by atoms with Gasteiger partial charge in [-0.15, -0.1) is 0 Å². The maximum atomic E-state index is 3.86. The highest BCUT2D eigenvalue weighted by Gasteiger charge is 2.39. The predicted molar refractivity (Wildman–Crippen MR) is 96.3 cm³/mol. The number of hydrogen-bond donors (Lipinski definition) is 1. The van der Waals surface area contributed by atoms with Crippen molar-refractivity contribution >= 4 is 11.3 Å². The number of likely N-dealkylation sites (N-methyl/N-ethyl adjacent to an activating group) is 1. The van der Waals surface area contributed by atoms with E-state index in [-0.39, 0.29) is 5.54 Å². The Morgan fingerprint density at radius 1 is 1.14 bits per heavy atom. The van der Waals surface area contributed by atoms with E-state index < -0.39 is 0 Å². The molecule has 1 heterocycles. The smallest absolute Gasteiger partial charge is 0.0360 e. The Morgan fingerprint density at radius 2 is 1.81 bits per heavy atom. The minimum absolute atomic E-state index is 0.264. The molecule has 0 fully saturated rings. The van der Waals surface area contributed by atoms with Gasteiger partial charge in [0, 0.05) is 11.6 Å². The van der Waals surface area contributed by atoms with E-state index in [1.807, 2.05) is 11.3 Å². The number of thiophene rings is 1. The summed E-state index contributed by atoms with van der Waals surface area (Å²) < 4.78 is 0. The molecular weight excluding hydrogens is 276 g/mol. The van der Waals surface area contributed by atoms with Crippen LogP contribution in [-0.2, 0) is 6.42 Å². The van der Waals surface area contributed by atoms with Crippen molar-refractivity contribution in [3.05, 3.63) is 22.4 Å². The van der Waals surface area contributed by atoms with Gasteiger partial charge in [-0.25, -0.2) is 0 Å². The zero-order valence-corrected chi connectivity index (χ0v) is 15.4. The first kappa shape index (κ1) is 18.7. The fraction of sp³-hybridized carbons (Fsp3) is 0.778. The summed E-state index contributed by atoms with van der Waals surface area (Å²) in [5, 5.41) is 8.36. The molecule has 0 bridgehead atoms. The molecule has 0 aliphatic heterocycles. The molecule has 1 N–H and O–H groups in total. The van der Waals surface area contributed by atoms with E-state index >= 15 is 0 Å². The summed E-state index contributed by atoms with van der Waals surface area (Å²) in [5.74, 6) is 0. The van der Waals surface area contributed by atoms with Crippen molar-refractivity contribution in [2.24, 2.45) is 0 Å². The fourth-order valence-corrected chi connectivity index (χ4v) is 4.36. The van der Waals surface area contributed by atoms with Crippen molar-refractivity contribution in [1.29, 1.82) is 0 Å². The second kappa shape index (κ2) is 9.60. The van der Waals surface area contributed by atoms with Crippen LogP contribution >= 0.6 is 11.3 Å². The average molecular weight is 311 g/mol. The predicted octanol–water partition coefficient (Wildman–Crippen LogP) is 4.56. The summed E-state index contributed by atoms with van der Waals surface area (Å²) >= 11 is 1.81. The molecule has 1 aromatic heterocycles. The van der Waals surface area contributed by atoms with Crippen molar-refractivity contribution in [1.82, 2.24) is 10.2 Å². The third kappa shape index (κ3) is 4.54. The normalized spacial score (nSPS) is 13.8. The zero-order valence-electron chi connectivity index (χ0n) is 14.6. The van der Waals surface area contributed by atoms with Crippen LogP contribution in [0.1, 0.15) is 59.4 Å². The maximum Gasteiger partial charge on any atom is 0.0360 e. The molecule has 21 heavy (non-hydrogen) atoms. The lowest BCUT2D eigenvalue weighted by atomic mass is 9.79. The summed E-state index contributed by atoms with van der Waals surface area (Å²) in [6.07, 6.45) is 4.75. The molecule has 0 spiro atoms. The van der Waals surface area contributed by atoms with Crippen LogP contribution in [0.2, 0.25) is 0 Å². The van der Waals surface area contributed by atoms with E-state index in [9.17, 15) is 0 Å². The monoisotopic (exact) mass is 310 g/mol. The quantitative estimate of drug-likeness (QED) is 0.644. The molecule has 1 rings (SSSR count). The summed E-state index contributed by atoms with van der Waals surface area (Å²) in [5.41, 5.74) is 1.74. The summed E-state index contributed by atoms with van der Waals surface area (Å²) in [6.45, 7) is 14.9. The molecule has 0 aliphatic carbocycles. The van der Waals surface area contributed by atoms with E-state index in [0.717, 1.165) is 26.1 Å². The largest absolute Gasteiger partial charge is 0.312 e. The molecule has 1 unspecified atom stereocenters.